The number of aryl methyl sites for hydroxylation is 1. The molecule has 0 aromatic heterocycles. The molecular formula is C13H15Br2NO3. The van der Waals surface area contributed by atoms with Gasteiger partial charge in [-0.15, -0.1) is 0 Å². The van der Waals surface area contributed by atoms with Gasteiger partial charge in [0.2, 0.25) is 5.91 Å². The minimum Gasteiger partial charge on any atom is -0.481 e. The van der Waals surface area contributed by atoms with Crippen molar-refractivity contribution in [3.63, 3.8) is 0 Å². The molecular weight excluding hydrogens is 378 g/mol. The molecule has 0 radical (unpaired) electrons. The smallest absolute Gasteiger partial charge is 0.307 e. The molecule has 19 heavy (non-hydrogen) atoms. The second-order valence-corrected chi connectivity index (χ2v) is 6.22. The van der Waals surface area contributed by atoms with Gasteiger partial charge in [0, 0.05) is 14.9 Å². The first-order valence-electron chi connectivity index (χ1n) is 5.73. The lowest BCUT2D eigenvalue weighted by atomic mass is 9.95. The van der Waals surface area contributed by atoms with E-state index >= 15 is 0 Å². The standard InChI is InChI=1S/C13H15Br2NO3/c1-6-4-9(14)11(10(15)5-6)16-12(17)7(2)8(3)13(18)19/h4-5,7-8H,1-3H3,(H,16,17)(H,18,19). The molecule has 6 heteroatoms. The molecule has 1 aromatic carbocycles. The molecule has 0 spiro atoms. The third-order valence-corrected chi connectivity index (χ3v) is 4.24. The number of nitrogens with one attached hydrogen (secondary N) is 1. The topological polar surface area (TPSA) is 66.4 Å². The van der Waals surface area contributed by atoms with Crippen LogP contribution < -0.4 is 5.32 Å². The highest BCUT2D eigenvalue weighted by Gasteiger charge is 2.26. The van der Waals surface area contributed by atoms with Gasteiger partial charge in [0.25, 0.3) is 0 Å². The number of hydrogen-bond donors (Lipinski definition) is 2. The van der Waals surface area contributed by atoms with E-state index in [4.69, 9.17) is 5.11 Å². The summed E-state index contributed by atoms with van der Waals surface area (Å²) in [5, 5.41) is 11.7. The second-order valence-electron chi connectivity index (χ2n) is 4.51. The predicted octanol–water partition coefficient (Wildman–Crippen LogP) is 3.82. The number of aliphatic carboxylic acids is 1. The van der Waals surface area contributed by atoms with E-state index in [1.54, 1.807) is 6.92 Å². The maximum Gasteiger partial charge on any atom is 0.307 e. The molecule has 0 saturated carbocycles. The molecule has 4 nitrogen and oxygen atoms in total. The number of benzene rings is 1. The van der Waals surface area contributed by atoms with Gasteiger partial charge in [-0.3, -0.25) is 9.59 Å². The van der Waals surface area contributed by atoms with Crippen molar-refractivity contribution in [2.45, 2.75) is 20.8 Å². The highest BCUT2D eigenvalue weighted by Crippen LogP contribution is 2.32. The average Bonchev–Trinajstić information content (AvgIpc) is 2.31. The molecule has 0 aliphatic heterocycles. The Bertz CT molecular complexity index is 494. The Hall–Kier alpha value is -0.880. The molecule has 1 amide bonds. The van der Waals surface area contributed by atoms with E-state index in [0.29, 0.717) is 5.69 Å². The lowest BCUT2D eigenvalue weighted by molar-refractivity contribution is -0.145. The zero-order chi connectivity index (χ0) is 14.7. The molecule has 0 aliphatic carbocycles. The summed E-state index contributed by atoms with van der Waals surface area (Å²) in [7, 11) is 0. The molecule has 2 unspecified atom stereocenters. The molecule has 0 fully saturated rings. The van der Waals surface area contributed by atoms with Gasteiger partial charge in [-0.05, 0) is 56.5 Å². The van der Waals surface area contributed by atoms with Crippen LogP contribution in [0.1, 0.15) is 19.4 Å². The van der Waals surface area contributed by atoms with Crippen molar-refractivity contribution in [1.29, 1.82) is 0 Å². The number of rotatable bonds is 4. The fraction of sp³-hybridized carbons (Fsp3) is 0.385. The Labute approximate surface area is 128 Å². The van der Waals surface area contributed by atoms with Gasteiger partial charge in [-0.2, -0.15) is 0 Å². The van der Waals surface area contributed by atoms with E-state index in [-0.39, 0.29) is 5.91 Å². The average molecular weight is 393 g/mol. The summed E-state index contributed by atoms with van der Waals surface area (Å²) in [4.78, 5) is 22.9. The number of amides is 1. The Morgan fingerprint density at radius 1 is 1.16 bits per heavy atom. The fourth-order valence-corrected chi connectivity index (χ4v) is 3.11. The Morgan fingerprint density at radius 2 is 1.63 bits per heavy atom. The van der Waals surface area contributed by atoms with Crippen LogP contribution in [-0.4, -0.2) is 17.0 Å². The molecule has 2 atom stereocenters. The van der Waals surface area contributed by atoms with Crippen LogP contribution in [0, 0.1) is 18.8 Å². The molecule has 0 aliphatic rings. The number of hydrogen-bond acceptors (Lipinski definition) is 2. The minimum absolute atomic E-state index is 0.319. The lowest BCUT2D eigenvalue weighted by Gasteiger charge is -2.17. The van der Waals surface area contributed by atoms with Crippen molar-refractivity contribution in [1.82, 2.24) is 0 Å². The van der Waals surface area contributed by atoms with Crippen LogP contribution in [-0.2, 0) is 9.59 Å². The molecule has 2 N–H and O–H groups in total. The van der Waals surface area contributed by atoms with Gasteiger partial charge in [-0.1, -0.05) is 13.8 Å². The van der Waals surface area contributed by atoms with Crippen LogP contribution in [0.4, 0.5) is 5.69 Å². The van der Waals surface area contributed by atoms with E-state index < -0.39 is 17.8 Å². The van der Waals surface area contributed by atoms with Gasteiger partial charge < -0.3 is 10.4 Å². The Kier molecular flexibility index (Phi) is 5.55. The zero-order valence-corrected chi connectivity index (χ0v) is 14.0. The first-order valence-corrected chi connectivity index (χ1v) is 7.32. The quantitative estimate of drug-likeness (QED) is 0.818. The van der Waals surface area contributed by atoms with Crippen molar-refractivity contribution in [3.05, 3.63) is 26.6 Å². The van der Waals surface area contributed by atoms with Crippen LogP contribution >= 0.6 is 31.9 Å². The zero-order valence-electron chi connectivity index (χ0n) is 10.8. The molecule has 104 valence electrons. The van der Waals surface area contributed by atoms with E-state index in [9.17, 15) is 9.59 Å². The number of carbonyl (C=O) groups excluding carboxylic acids is 1. The SMILES string of the molecule is Cc1cc(Br)c(NC(=O)C(C)C(C)C(=O)O)c(Br)c1. The Morgan fingerprint density at radius 3 is 2.05 bits per heavy atom. The largest absolute Gasteiger partial charge is 0.481 e. The van der Waals surface area contributed by atoms with Crippen LogP contribution in [0.25, 0.3) is 0 Å². The van der Waals surface area contributed by atoms with Gasteiger partial charge in [0.15, 0.2) is 0 Å². The molecule has 0 bridgehead atoms. The third-order valence-electron chi connectivity index (χ3n) is 2.99. The van der Waals surface area contributed by atoms with Crippen molar-refractivity contribution in [3.8, 4) is 0 Å². The van der Waals surface area contributed by atoms with Crippen LogP contribution in [0.15, 0.2) is 21.1 Å². The van der Waals surface area contributed by atoms with Gasteiger partial charge in [0.05, 0.1) is 11.6 Å². The fourth-order valence-electron chi connectivity index (χ4n) is 1.50. The summed E-state index contributed by atoms with van der Waals surface area (Å²) in [6, 6.07) is 3.76. The summed E-state index contributed by atoms with van der Waals surface area (Å²) in [6.07, 6.45) is 0. The predicted molar refractivity (Wildman–Crippen MR) is 81.2 cm³/mol. The molecule has 0 heterocycles. The minimum atomic E-state index is -0.982. The summed E-state index contributed by atoms with van der Waals surface area (Å²) in [5.41, 5.74) is 1.66. The van der Waals surface area contributed by atoms with Gasteiger partial charge in [-0.25, -0.2) is 0 Å². The number of carbonyl (C=O) groups is 2. The molecule has 0 saturated heterocycles. The monoisotopic (exact) mass is 391 g/mol. The van der Waals surface area contributed by atoms with Crippen molar-refractivity contribution in [2.24, 2.45) is 11.8 Å². The van der Waals surface area contributed by atoms with Gasteiger partial charge >= 0.3 is 5.97 Å². The molecule has 1 rings (SSSR count). The van der Waals surface area contributed by atoms with Crippen LogP contribution in [0.5, 0.6) is 0 Å². The second kappa shape index (κ2) is 6.52. The summed E-state index contributed by atoms with van der Waals surface area (Å²) in [5.74, 6) is -2.65. The summed E-state index contributed by atoms with van der Waals surface area (Å²) >= 11 is 6.76. The van der Waals surface area contributed by atoms with Crippen molar-refractivity contribution in [2.75, 3.05) is 5.32 Å². The Balaban J connectivity index is 2.92. The normalized spacial score (nSPS) is 13.7. The van der Waals surface area contributed by atoms with E-state index in [0.717, 1.165) is 14.5 Å². The maximum atomic E-state index is 12.0. The lowest BCUT2D eigenvalue weighted by Crippen LogP contribution is -2.30. The van der Waals surface area contributed by atoms with E-state index in [2.05, 4.69) is 37.2 Å². The van der Waals surface area contributed by atoms with Crippen LogP contribution in [0.2, 0.25) is 0 Å². The first-order chi connectivity index (χ1) is 8.73. The number of halogens is 2. The number of carboxylic acid groups (broad SMARTS) is 1. The highest BCUT2D eigenvalue weighted by atomic mass is 79.9. The van der Waals surface area contributed by atoms with E-state index in [1.807, 2.05) is 19.1 Å². The highest BCUT2D eigenvalue weighted by molar-refractivity contribution is 9.11. The molecule has 1 aromatic rings. The van der Waals surface area contributed by atoms with Gasteiger partial charge in [0.1, 0.15) is 0 Å². The summed E-state index contributed by atoms with van der Waals surface area (Å²) in [6.45, 7) is 5.06. The van der Waals surface area contributed by atoms with Crippen LogP contribution in [0.3, 0.4) is 0 Å². The van der Waals surface area contributed by atoms with Crippen molar-refractivity contribution < 1.29 is 14.7 Å². The first kappa shape index (κ1) is 16.2. The maximum absolute atomic E-state index is 12.0. The summed E-state index contributed by atoms with van der Waals surface area (Å²) < 4.78 is 1.51. The van der Waals surface area contributed by atoms with E-state index in [1.165, 1.54) is 6.92 Å². The number of carboxylic acids is 1. The number of anilines is 1. The third kappa shape index (κ3) is 4.04. The van der Waals surface area contributed by atoms with Crippen molar-refractivity contribution >= 4 is 49.4 Å².